The third kappa shape index (κ3) is 5.95. The maximum Gasteiger partial charge on any atom is 0.191 e. The monoisotopic (exact) mass is 495 g/mol. The summed E-state index contributed by atoms with van der Waals surface area (Å²) >= 11 is 0. The second kappa shape index (κ2) is 11.0. The average molecular weight is 495 g/mol. The van der Waals surface area contributed by atoms with Crippen LogP contribution in [0.25, 0.3) is 11.0 Å². The van der Waals surface area contributed by atoms with E-state index in [9.17, 15) is 0 Å². The number of guanidine groups is 1. The van der Waals surface area contributed by atoms with Crippen molar-refractivity contribution in [3.8, 4) is 0 Å². The van der Waals surface area contributed by atoms with E-state index in [-0.39, 0.29) is 24.0 Å². The Balaban J connectivity index is 0.00000280. The Kier molecular flexibility index (Phi) is 8.75. The molecule has 1 aromatic carbocycles. The quantitative estimate of drug-likeness (QED) is 0.218. The Bertz CT molecular complexity index is 897. The number of hydrogen-bond acceptors (Lipinski definition) is 3. The van der Waals surface area contributed by atoms with Gasteiger partial charge in [-0.1, -0.05) is 12.1 Å². The molecule has 28 heavy (non-hydrogen) atoms. The van der Waals surface area contributed by atoms with Crippen LogP contribution in [0.3, 0.4) is 0 Å². The molecule has 2 aromatic heterocycles. The minimum absolute atomic E-state index is 0. The highest BCUT2D eigenvalue weighted by Gasteiger charge is 2.06. The standard InChI is InChI=1S/C20H29N7.HI/c1-4-21-20(23-12-10-17-14-24-26(3)15-17)22-11-7-13-27-16(2)25-18-8-5-6-9-19(18)27;/h5-6,8-9,14-15H,4,7,10-13H2,1-3H3,(H2,21,22,23);1H. The highest BCUT2D eigenvalue weighted by atomic mass is 127. The van der Waals surface area contributed by atoms with E-state index in [1.54, 1.807) is 0 Å². The number of aliphatic imine (C=N–C) groups is 1. The van der Waals surface area contributed by atoms with E-state index in [0.29, 0.717) is 0 Å². The predicted molar refractivity (Wildman–Crippen MR) is 125 cm³/mol. The lowest BCUT2D eigenvalue weighted by Crippen LogP contribution is -2.38. The normalized spacial score (nSPS) is 11.5. The maximum absolute atomic E-state index is 4.70. The van der Waals surface area contributed by atoms with Gasteiger partial charge in [0.1, 0.15) is 5.82 Å². The molecule has 2 N–H and O–H groups in total. The summed E-state index contributed by atoms with van der Waals surface area (Å²) in [6.45, 7) is 7.53. The molecule has 3 rings (SSSR count). The van der Waals surface area contributed by atoms with Gasteiger partial charge in [0.2, 0.25) is 0 Å². The maximum atomic E-state index is 4.70. The van der Waals surface area contributed by atoms with Crippen LogP contribution in [0, 0.1) is 6.92 Å². The van der Waals surface area contributed by atoms with Crippen LogP contribution in [0.2, 0.25) is 0 Å². The smallest absolute Gasteiger partial charge is 0.191 e. The lowest BCUT2D eigenvalue weighted by Gasteiger charge is -2.11. The van der Waals surface area contributed by atoms with Crippen LogP contribution in [0.5, 0.6) is 0 Å². The number of nitrogens with zero attached hydrogens (tertiary/aromatic N) is 5. The molecule has 0 aliphatic heterocycles. The molecule has 7 nitrogen and oxygen atoms in total. The largest absolute Gasteiger partial charge is 0.357 e. The van der Waals surface area contributed by atoms with Crippen molar-refractivity contribution in [3.05, 3.63) is 48.0 Å². The van der Waals surface area contributed by atoms with Crippen molar-refractivity contribution in [2.24, 2.45) is 12.0 Å². The van der Waals surface area contributed by atoms with Gasteiger partial charge in [-0.05, 0) is 44.4 Å². The Hall–Kier alpha value is -2.10. The van der Waals surface area contributed by atoms with Crippen LogP contribution >= 0.6 is 24.0 Å². The van der Waals surface area contributed by atoms with E-state index in [1.807, 2.05) is 30.2 Å². The predicted octanol–water partition coefficient (Wildman–Crippen LogP) is 2.88. The van der Waals surface area contributed by atoms with Gasteiger partial charge in [0.05, 0.1) is 17.2 Å². The lowest BCUT2D eigenvalue weighted by atomic mass is 10.2. The van der Waals surface area contributed by atoms with Gasteiger partial charge in [-0.25, -0.2) is 4.98 Å². The highest BCUT2D eigenvalue weighted by Crippen LogP contribution is 2.15. The zero-order valence-corrected chi connectivity index (χ0v) is 19.2. The molecule has 0 saturated heterocycles. The van der Waals surface area contributed by atoms with Crippen LogP contribution < -0.4 is 10.6 Å². The number of halogens is 1. The Morgan fingerprint density at radius 2 is 2.04 bits per heavy atom. The summed E-state index contributed by atoms with van der Waals surface area (Å²) in [6.07, 6.45) is 5.85. The number of rotatable bonds is 8. The Morgan fingerprint density at radius 1 is 1.21 bits per heavy atom. The number of aryl methyl sites for hydroxylation is 3. The van der Waals surface area contributed by atoms with Gasteiger partial charge >= 0.3 is 0 Å². The first kappa shape index (κ1) is 22.2. The van der Waals surface area contributed by atoms with Crippen molar-refractivity contribution >= 4 is 41.0 Å². The molecular formula is C20H30IN7. The molecule has 0 atom stereocenters. The molecule has 0 fully saturated rings. The van der Waals surface area contributed by atoms with E-state index in [4.69, 9.17) is 4.99 Å². The van der Waals surface area contributed by atoms with Gasteiger partial charge in [-0.3, -0.25) is 9.67 Å². The zero-order valence-electron chi connectivity index (χ0n) is 16.9. The molecule has 0 bridgehead atoms. The van der Waals surface area contributed by atoms with Crippen LogP contribution in [0.15, 0.2) is 41.7 Å². The summed E-state index contributed by atoms with van der Waals surface area (Å²) in [4.78, 5) is 9.32. The van der Waals surface area contributed by atoms with Crippen LogP contribution in [0.4, 0.5) is 0 Å². The summed E-state index contributed by atoms with van der Waals surface area (Å²) in [7, 11) is 1.94. The van der Waals surface area contributed by atoms with E-state index in [2.05, 4.69) is 57.3 Å². The zero-order chi connectivity index (χ0) is 19.1. The van der Waals surface area contributed by atoms with E-state index < -0.39 is 0 Å². The molecule has 0 aliphatic rings. The third-order valence-electron chi connectivity index (χ3n) is 4.46. The molecule has 152 valence electrons. The average Bonchev–Trinajstić information content (AvgIpc) is 3.21. The van der Waals surface area contributed by atoms with Crippen LogP contribution in [-0.4, -0.2) is 44.9 Å². The second-order valence-electron chi connectivity index (χ2n) is 6.61. The minimum Gasteiger partial charge on any atom is -0.357 e. The number of imidazole rings is 1. The molecule has 0 radical (unpaired) electrons. The topological polar surface area (TPSA) is 72.1 Å². The van der Waals surface area contributed by atoms with Gasteiger partial charge in [0, 0.05) is 39.4 Å². The minimum atomic E-state index is 0. The number of fused-ring (bicyclic) bond motifs is 1. The van der Waals surface area contributed by atoms with Crippen molar-refractivity contribution in [3.63, 3.8) is 0 Å². The summed E-state index contributed by atoms with van der Waals surface area (Å²) in [5, 5.41) is 10.9. The van der Waals surface area contributed by atoms with Gasteiger partial charge in [0.15, 0.2) is 5.96 Å². The number of benzene rings is 1. The fourth-order valence-electron chi connectivity index (χ4n) is 3.17. The van der Waals surface area contributed by atoms with Gasteiger partial charge in [-0.15, -0.1) is 24.0 Å². The van der Waals surface area contributed by atoms with Crippen molar-refractivity contribution in [1.29, 1.82) is 0 Å². The SMILES string of the molecule is CCNC(=NCCCn1c(C)nc2ccccc21)NCCc1cnn(C)c1.I. The third-order valence-corrected chi connectivity index (χ3v) is 4.46. The summed E-state index contributed by atoms with van der Waals surface area (Å²) in [5.41, 5.74) is 3.48. The summed E-state index contributed by atoms with van der Waals surface area (Å²) < 4.78 is 4.10. The summed E-state index contributed by atoms with van der Waals surface area (Å²) in [5.74, 6) is 1.93. The van der Waals surface area contributed by atoms with Crippen LogP contribution in [-0.2, 0) is 20.0 Å². The van der Waals surface area contributed by atoms with Crippen molar-refractivity contribution in [2.45, 2.75) is 33.2 Å². The van der Waals surface area contributed by atoms with Crippen molar-refractivity contribution < 1.29 is 0 Å². The van der Waals surface area contributed by atoms with E-state index >= 15 is 0 Å². The van der Waals surface area contributed by atoms with Gasteiger partial charge in [-0.2, -0.15) is 5.10 Å². The molecule has 0 amide bonds. The molecule has 0 spiro atoms. The molecule has 0 aliphatic carbocycles. The Morgan fingerprint density at radius 3 is 2.79 bits per heavy atom. The lowest BCUT2D eigenvalue weighted by molar-refractivity contribution is 0.646. The number of para-hydroxylation sites is 2. The molecule has 0 saturated carbocycles. The number of nitrogens with one attached hydrogen (secondary N) is 2. The summed E-state index contributed by atoms with van der Waals surface area (Å²) in [6, 6.07) is 8.28. The van der Waals surface area contributed by atoms with E-state index in [0.717, 1.165) is 56.3 Å². The molecule has 3 aromatic rings. The highest BCUT2D eigenvalue weighted by molar-refractivity contribution is 14.0. The molecular weight excluding hydrogens is 465 g/mol. The fraction of sp³-hybridized carbons (Fsp3) is 0.450. The fourth-order valence-corrected chi connectivity index (χ4v) is 3.17. The number of aromatic nitrogens is 4. The first-order valence-electron chi connectivity index (χ1n) is 9.59. The Labute approximate surface area is 183 Å². The first-order valence-corrected chi connectivity index (χ1v) is 9.59. The second-order valence-corrected chi connectivity index (χ2v) is 6.61. The van der Waals surface area contributed by atoms with Gasteiger partial charge < -0.3 is 15.2 Å². The molecule has 0 unspecified atom stereocenters. The van der Waals surface area contributed by atoms with E-state index in [1.165, 1.54) is 11.1 Å². The van der Waals surface area contributed by atoms with Crippen molar-refractivity contribution in [1.82, 2.24) is 30.0 Å². The molecule has 8 heteroatoms. The number of hydrogen-bond donors (Lipinski definition) is 2. The first-order chi connectivity index (χ1) is 13.2. The molecule has 2 heterocycles. The van der Waals surface area contributed by atoms with Crippen molar-refractivity contribution in [2.75, 3.05) is 19.6 Å². The van der Waals surface area contributed by atoms with Crippen LogP contribution in [0.1, 0.15) is 24.7 Å². The van der Waals surface area contributed by atoms with Gasteiger partial charge in [0.25, 0.3) is 0 Å².